The SMILES string of the molecule is N=C(N)NCCC[C@@H](C(=O)O)N(NCc1ccc(Cl)c(Cl)c1)C(=O)CC(=O)c1cccnc1. The number of nitrogens with one attached hydrogen (secondary N) is 3. The smallest absolute Gasteiger partial charge is 0.328 e. The number of ketones is 1. The fourth-order valence-electron chi connectivity index (χ4n) is 2.93. The fraction of sp³-hybridized carbons (Fsp3) is 0.286. The van der Waals surface area contributed by atoms with Gasteiger partial charge in [-0.1, -0.05) is 29.3 Å². The molecule has 0 saturated heterocycles. The lowest BCUT2D eigenvalue weighted by Crippen LogP contribution is -2.53. The highest BCUT2D eigenvalue weighted by Gasteiger charge is 2.30. The summed E-state index contributed by atoms with van der Waals surface area (Å²) in [5.74, 6) is -2.69. The lowest BCUT2D eigenvalue weighted by molar-refractivity contribution is -0.153. The maximum Gasteiger partial charge on any atom is 0.328 e. The molecule has 10 nitrogen and oxygen atoms in total. The molecular formula is C21H24Cl2N6O4. The molecule has 1 atom stereocenters. The van der Waals surface area contributed by atoms with Gasteiger partial charge in [0.05, 0.1) is 16.5 Å². The molecule has 0 aliphatic heterocycles. The van der Waals surface area contributed by atoms with Crippen LogP contribution in [0, 0.1) is 5.41 Å². The van der Waals surface area contributed by atoms with Gasteiger partial charge in [-0.3, -0.25) is 25.0 Å². The van der Waals surface area contributed by atoms with Gasteiger partial charge in [0.2, 0.25) is 5.91 Å². The Morgan fingerprint density at radius 3 is 2.58 bits per heavy atom. The molecule has 0 aliphatic rings. The Morgan fingerprint density at radius 2 is 1.97 bits per heavy atom. The van der Waals surface area contributed by atoms with Crippen molar-refractivity contribution in [1.82, 2.24) is 20.7 Å². The van der Waals surface area contributed by atoms with Crippen molar-refractivity contribution in [1.29, 1.82) is 5.41 Å². The normalized spacial score (nSPS) is 11.5. The molecule has 0 radical (unpaired) electrons. The second-order valence-corrected chi connectivity index (χ2v) is 7.84. The number of carboxylic acids is 1. The number of carbonyl (C=O) groups excluding carboxylic acids is 2. The largest absolute Gasteiger partial charge is 0.480 e. The van der Waals surface area contributed by atoms with Gasteiger partial charge in [0.15, 0.2) is 11.7 Å². The van der Waals surface area contributed by atoms with Crippen LogP contribution in [0.3, 0.4) is 0 Å². The van der Waals surface area contributed by atoms with Gasteiger partial charge in [-0.05, 0) is 42.7 Å². The topological polar surface area (TPSA) is 162 Å². The molecule has 1 heterocycles. The number of halogens is 2. The summed E-state index contributed by atoms with van der Waals surface area (Å²) in [6.45, 7) is 0.321. The summed E-state index contributed by atoms with van der Waals surface area (Å²) >= 11 is 12.0. The molecular weight excluding hydrogens is 471 g/mol. The molecule has 1 aromatic heterocycles. The minimum absolute atomic E-state index is 0.0524. The van der Waals surface area contributed by atoms with Crippen molar-refractivity contribution >= 4 is 46.8 Å². The minimum Gasteiger partial charge on any atom is -0.480 e. The monoisotopic (exact) mass is 494 g/mol. The van der Waals surface area contributed by atoms with Gasteiger partial charge >= 0.3 is 5.97 Å². The van der Waals surface area contributed by atoms with E-state index in [1.807, 2.05) is 0 Å². The molecule has 1 aromatic carbocycles. The lowest BCUT2D eigenvalue weighted by atomic mass is 10.1. The number of hydrazine groups is 1. The number of amides is 1. The van der Waals surface area contributed by atoms with Crippen LogP contribution in [0.2, 0.25) is 10.0 Å². The molecule has 6 N–H and O–H groups in total. The number of nitrogens with zero attached hydrogens (tertiary/aromatic N) is 2. The van der Waals surface area contributed by atoms with E-state index in [0.29, 0.717) is 22.0 Å². The summed E-state index contributed by atoms with van der Waals surface area (Å²) in [6.07, 6.45) is 2.65. The second kappa shape index (κ2) is 12.7. The Hall–Kier alpha value is -3.21. The predicted octanol–water partition coefficient (Wildman–Crippen LogP) is 2.21. The molecule has 176 valence electrons. The molecule has 12 heteroatoms. The van der Waals surface area contributed by atoms with E-state index in [-0.39, 0.29) is 31.0 Å². The molecule has 0 unspecified atom stereocenters. The van der Waals surface area contributed by atoms with E-state index in [1.165, 1.54) is 18.5 Å². The van der Waals surface area contributed by atoms with Crippen LogP contribution in [-0.4, -0.2) is 51.3 Å². The summed E-state index contributed by atoms with van der Waals surface area (Å²) in [5, 5.41) is 21.2. The maximum atomic E-state index is 13.0. The number of aromatic nitrogens is 1. The molecule has 2 aromatic rings. The van der Waals surface area contributed by atoms with Crippen molar-refractivity contribution < 1.29 is 19.5 Å². The Bertz CT molecular complexity index is 1010. The third kappa shape index (κ3) is 8.33. The Morgan fingerprint density at radius 1 is 1.21 bits per heavy atom. The number of hydrogen-bond donors (Lipinski definition) is 5. The number of pyridine rings is 1. The van der Waals surface area contributed by atoms with E-state index in [4.69, 9.17) is 34.3 Å². The predicted molar refractivity (Wildman–Crippen MR) is 124 cm³/mol. The first kappa shape index (κ1) is 26.0. The zero-order chi connectivity index (χ0) is 24.4. The van der Waals surface area contributed by atoms with Gasteiger partial charge in [-0.2, -0.15) is 0 Å². The van der Waals surface area contributed by atoms with Gasteiger partial charge in [0, 0.05) is 31.0 Å². The number of benzene rings is 1. The number of guanidine groups is 1. The third-order valence-corrected chi connectivity index (χ3v) is 5.31. The molecule has 2 rings (SSSR count). The first-order valence-corrected chi connectivity index (χ1v) is 10.7. The molecule has 1 amide bonds. The van der Waals surface area contributed by atoms with E-state index in [2.05, 4.69) is 15.7 Å². The van der Waals surface area contributed by atoms with Crippen LogP contribution < -0.4 is 16.5 Å². The van der Waals surface area contributed by atoms with Crippen molar-refractivity contribution in [2.75, 3.05) is 6.54 Å². The zero-order valence-electron chi connectivity index (χ0n) is 17.6. The molecule has 0 fully saturated rings. The van der Waals surface area contributed by atoms with Crippen LogP contribution in [0.15, 0.2) is 42.7 Å². The number of nitrogens with two attached hydrogens (primary N) is 1. The highest BCUT2D eigenvalue weighted by atomic mass is 35.5. The van der Waals surface area contributed by atoms with E-state index >= 15 is 0 Å². The van der Waals surface area contributed by atoms with Crippen LogP contribution in [0.5, 0.6) is 0 Å². The van der Waals surface area contributed by atoms with Crippen molar-refractivity contribution in [2.45, 2.75) is 31.8 Å². The number of carboxylic acid groups (broad SMARTS) is 1. The van der Waals surface area contributed by atoms with Crippen LogP contribution in [0.25, 0.3) is 0 Å². The molecule has 0 spiro atoms. The maximum absolute atomic E-state index is 13.0. The second-order valence-electron chi connectivity index (χ2n) is 7.03. The van der Waals surface area contributed by atoms with Crippen molar-refractivity contribution in [2.24, 2.45) is 5.73 Å². The van der Waals surface area contributed by atoms with Crippen LogP contribution in [0.1, 0.15) is 35.2 Å². The Labute approximate surface area is 200 Å². The van der Waals surface area contributed by atoms with Crippen LogP contribution in [0.4, 0.5) is 0 Å². The van der Waals surface area contributed by atoms with Crippen LogP contribution in [-0.2, 0) is 16.1 Å². The van der Waals surface area contributed by atoms with Gasteiger partial charge in [0.1, 0.15) is 6.04 Å². The van der Waals surface area contributed by atoms with Gasteiger partial charge in [-0.25, -0.2) is 10.2 Å². The third-order valence-electron chi connectivity index (χ3n) is 4.57. The molecule has 0 aliphatic carbocycles. The van der Waals surface area contributed by atoms with Gasteiger partial charge in [-0.15, -0.1) is 0 Å². The Kier molecular flexibility index (Phi) is 10.0. The average molecular weight is 495 g/mol. The van der Waals surface area contributed by atoms with E-state index < -0.39 is 30.1 Å². The first-order valence-electron chi connectivity index (χ1n) is 9.92. The summed E-state index contributed by atoms with van der Waals surface area (Å²) in [4.78, 5) is 41.3. The summed E-state index contributed by atoms with van der Waals surface area (Å²) < 4.78 is 0. The number of hydrogen-bond acceptors (Lipinski definition) is 6. The standard InChI is InChI=1S/C21H24Cl2N6O4/c22-15-6-5-13(9-16(15)23)11-28-29(17(20(32)33)4-2-8-27-21(24)25)19(31)10-18(30)14-3-1-7-26-12-14/h1,3,5-7,9,12,17,28H,2,4,8,10-11H2,(H,32,33)(H4,24,25,27)/t17-/m0/s1. The van der Waals surface area contributed by atoms with Gasteiger partial charge < -0.3 is 16.2 Å². The minimum atomic E-state index is -1.27. The summed E-state index contributed by atoms with van der Waals surface area (Å²) in [5.41, 5.74) is 8.95. The highest BCUT2D eigenvalue weighted by molar-refractivity contribution is 6.42. The fourth-order valence-corrected chi connectivity index (χ4v) is 3.25. The number of rotatable bonds is 12. The van der Waals surface area contributed by atoms with Crippen molar-refractivity contribution in [3.8, 4) is 0 Å². The average Bonchev–Trinajstić information content (AvgIpc) is 2.77. The van der Waals surface area contributed by atoms with E-state index in [1.54, 1.807) is 24.3 Å². The Balaban J connectivity index is 2.18. The van der Waals surface area contributed by atoms with Crippen LogP contribution >= 0.6 is 23.2 Å². The van der Waals surface area contributed by atoms with E-state index in [9.17, 15) is 19.5 Å². The number of Topliss-reactive ketones (excluding diaryl/α,β-unsaturated/α-hetero) is 1. The first-order chi connectivity index (χ1) is 15.7. The number of carbonyl (C=O) groups is 3. The quantitative estimate of drug-likeness (QED) is 0.0748. The summed E-state index contributed by atoms with van der Waals surface area (Å²) in [7, 11) is 0. The molecule has 33 heavy (non-hydrogen) atoms. The van der Waals surface area contributed by atoms with E-state index in [0.717, 1.165) is 5.01 Å². The van der Waals surface area contributed by atoms with Crippen molar-refractivity contribution in [3.63, 3.8) is 0 Å². The lowest BCUT2D eigenvalue weighted by Gasteiger charge is -2.29. The molecule has 0 saturated carbocycles. The highest BCUT2D eigenvalue weighted by Crippen LogP contribution is 2.22. The zero-order valence-corrected chi connectivity index (χ0v) is 19.1. The number of aliphatic carboxylic acids is 1. The molecule has 0 bridgehead atoms. The summed E-state index contributed by atoms with van der Waals surface area (Å²) in [6, 6.07) is 6.68. The van der Waals surface area contributed by atoms with Gasteiger partial charge in [0.25, 0.3) is 0 Å². The van der Waals surface area contributed by atoms with Crippen molar-refractivity contribution in [3.05, 3.63) is 63.9 Å².